The molecule has 92 valence electrons. The number of nitrogen functional groups attached to an aromatic ring is 1. The molecule has 4 nitrogen and oxygen atoms in total. The molecule has 5 heteroatoms. The Morgan fingerprint density at radius 3 is 3.00 bits per heavy atom. The molecule has 1 aliphatic heterocycles. The van der Waals surface area contributed by atoms with E-state index in [1.54, 1.807) is 10.3 Å². The standard InChI is InChI=1S/C13H13N3OS/c14-13-15-10(8-18-13)12(17)16-7-3-5-9-4-1-2-6-11(9)16/h1-2,4,6,8H,3,5,7H2,(H2,14,15). The van der Waals surface area contributed by atoms with Gasteiger partial charge in [0, 0.05) is 17.6 Å². The molecule has 0 radical (unpaired) electrons. The number of aryl methyl sites for hydroxylation is 1. The van der Waals surface area contributed by atoms with Gasteiger partial charge in [0.2, 0.25) is 0 Å². The van der Waals surface area contributed by atoms with Crippen molar-refractivity contribution in [3.8, 4) is 0 Å². The number of thiazole rings is 1. The van der Waals surface area contributed by atoms with Crippen molar-refractivity contribution in [2.45, 2.75) is 12.8 Å². The Morgan fingerprint density at radius 2 is 2.22 bits per heavy atom. The van der Waals surface area contributed by atoms with Crippen LogP contribution in [-0.2, 0) is 6.42 Å². The zero-order chi connectivity index (χ0) is 12.5. The number of nitrogens with zero attached hydrogens (tertiary/aromatic N) is 2. The number of rotatable bonds is 1. The summed E-state index contributed by atoms with van der Waals surface area (Å²) in [7, 11) is 0. The van der Waals surface area contributed by atoms with Gasteiger partial charge in [0.05, 0.1) is 0 Å². The van der Waals surface area contributed by atoms with Crippen molar-refractivity contribution in [1.29, 1.82) is 0 Å². The molecule has 3 rings (SSSR count). The summed E-state index contributed by atoms with van der Waals surface area (Å²) in [5, 5.41) is 2.15. The molecular formula is C13H13N3OS. The third-order valence-corrected chi connectivity index (χ3v) is 3.77. The van der Waals surface area contributed by atoms with Crippen LogP contribution in [0.3, 0.4) is 0 Å². The number of hydrogen-bond acceptors (Lipinski definition) is 4. The van der Waals surface area contributed by atoms with E-state index in [2.05, 4.69) is 11.1 Å². The summed E-state index contributed by atoms with van der Waals surface area (Å²) < 4.78 is 0. The summed E-state index contributed by atoms with van der Waals surface area (Å²) in [6.45, 7) is 0.743. The summed E-state index contributed by atoms with van der Waals surface area (Å²) in [6, 6.07) is 8.03. The highest BCUT2D eigenvalue weighted by Gasteiger charge is 2.24. The van der Waals surface area contributed by atoms with E-state index in [0.717, 1.165) is 25.1 Å². The molecular weight excluding hydrogens is 246 g/mol. The van der Waals surface area contributed by atoms with E-state index in [9.17, 15) is 4.79 Å². The zero-order valence-electron chi connectivity index (χ0n) is 9.80. The minimum absolute atomic E-state index is 0.0601. The molecule has 18 heavy (non-hydrogen) atoms. The van der Waals surface area contributed by atoms with Crippen LogP contribution in [0.25, 0.3) is 0 Å². The average molecular weight is 259 g/mol. The number of para-hydroxylation sites is 1. The third-order valence-electron chi connectivity index (χ3n) is 3.10. The molecule has 0 fully saturated rings. The fourth-order valence-corrected chi connectivity index (χ4v) is 2.81. The highest BCUT2D eigenvalue weighted by molar-refractivity contribution is 7.13. The largest absolute Gasteiger partial charge is 0.375 e. The number of benzene rings is 1. The number of anilines is 2. The fourth-order valence-electron chi connectivity index (χ4n) is 2.27. The predicted octanol–water partition coefficient (Wildman–Crippen LogP) is 2.32. The maximum absolute atomic E-state index is 12.4. The second kappa shape index (κ2) is 4.42. The molecule has 0 bridgehead atoms. The van der Waals surface area contributed by atoms with Gasteiger partial charge in [0.15, 0.2) is 5.13 Å². The van der Waals surface area contributed by atoms with Crippen molar-refractivity contribution in [2.24, 2.45) is 0 Å². The van der Waals surface area contributed by atoms with Gasteiger partial charge in [0.1, 0.15) is 5.69 Å². The number of aromatic nitrogens is 1. The molecule has 0 unspecified atom stereocenters. The van der Waals surface area contributed by atoms with Crippen LogP contribution in [0.5, 0.6) is 0 Å². The van der Waals surface area contributed by atoms with E-state index in [0.29, 0.717) is 10.8 Å². The topological polar surface area (TPSA) is 59.2 Å². The zero-order valence-corrected chi connectivity index (χ0v) is 10.6. The van der Waals surface area contributed by atoms with Crippen molar-refractivity contribution in [2.75, 3.05) is 17.2 Å². The maximum Gasteiger partial charge on any atom is 0.277 e. The third kappa shape index (κ3) is 1.86. The van der Waals surface area contributed by atoms with Crippen LogP contribution < -0.4 is 10.6 Å². The maximum atomic E-state index is 12.4. The van der Waals surface area contributed by atoms with E-state index in [4.69, 9.17) is 5.73 Å². The predicted molar refractivity (Wildman–Crippen MR) is 73.0 cm³/mol. The van der Waals surface area contributed by atoms with Crippen LogP contribution >= 0.6 is 11.3 Å². The van der Waals surface area contributed by atoms with Crippen LogP contribution in [0.2, 0.25) is 0 Å². The summed E-state index contributed by atoms with van der Waals surface area (Å²) in [5.74, 6) is -0.0601. The van der Waals surface area contributed by atoms with Gasteiger partial charge in [0.25, 0.3) is 5.91 Å². The Hall–Kier alpha value is -1.88. The Balaban J connectivity index is 1.96. The summed E-state index contributed by atoms with van der Waals surface area (Å²) in [6.07, 6.45) is 2.02. The second-order valence-electron chi connectivity index (χ2n) is 4.26. The summed E-state index contributed by atoms with van der Waals surface area (Å²) in [4.78, 5) is 18.3. The Labute approximate surface area is 109 Å². The van der Waals surface area contributed by atoms with Crippen molar-refractivity contribution >= 4 is 28.1 Å². The van der Waals surface area contributed by atoms with Gasteiger partial charge in [-0.3, -0.25) is 4.79 Å². The lowest BCUT2D eigenvalue weighted by Gasteiger charge is -2.28. The van der Waals surface area contributed by atoms with Gasteiger partial charge in [-0.05, 0) is 24.5 Å². The SMILES string of the molecule is Nc1nc(C(=O)N2CCCc3ccccc32)cs1. The van der Waals surface area contributed by atoms with Crippen LogP contribution in [0.4, 0.5) is 10.8 Å². The van der Waals surface area contributed by atoms with Crippen molar-refractivity contribution in [1.82, 2.24) is 4.98 Å². The highest BCUT2D eigenvalue weighted by Crippen LogP contribution is 2.28. The highest BCUT2D eigenvalue weighted by atomic mass is 32.1. The molecule has 2 aromatic rings. The molecule has 0 aliphatic carbocycles. The molecule has 1 amide bonds. The number of nitrogens with two attached hydrogens (primary N) is 1. The molecule has 1 aromatic heterocycles. The number of hydrogen-bond donors (Lipinski definition) is 1. The van der Waals surface area contributed by atoms with Crippen molar-refractivity contribution in [3.63, 3.8) is 0 Å². The minimum atomic E-state index is -0.0601. The van der Waals surface area contributed by atoms with E-state index >= 15 is 0 Å². The molecule has 0 saturated heterocycles. The van der Waals surface area contributed by atoms with E-state index in [1.807, 2.05) is 18.2 Å². The average Bonchev–Trinajstić information content (AvgIpc) is 2.84. The molecule has 1 aliphatic rings. The minimum Gasteiger partial charge on any atom is -0.375 e. The van der Waals surface area contributed by atoms with Crippen molar-refractivity contribution < 1.29 is 4.79 Å². The van der Waals surface area contributed by atoms with Gasteiger partial charge in [-0.15, -0.1) is 11.3 Å². The van der Waals surface area contributed by atoms with Gasteiger partial charge in [-0.2, -0.15) is 0 Å². The number of carbonyl (C=O) groups is 1. The molecule has 0 saturated carbocycles. The lowest BCUT2D eigenvalue weighted by Crippen LogP contribution is -2.35. The normalized spacial score (nSPS) is 14.3. The monoisotopic (exact) mass is 259 g/mol. The molecule has 2 N–H and O–H groups in total. The van der Waals surface area contributed by atoms with Gasteiger partial charge in [-0.1, -0.05) is 18.2 Å². The second-order valence-corrected chi connectivity index (χ2v) is 5.15. The quantitative estimate of drug-likeness (QED) is 0.855. The summed E-state index contributed by atoms with van der Waals surface area (Å²) >= 11 is 1.30. The first-order valence-corrected chi connectivity index (χ1v) is 6.74. The van der Waals surface area contributed by atoms with Gasteiger partial charge >= 0.3 is 0 Å². The molecule has 0 spiro atoms. The van der Waals surface area contributed by atoms with E-state index in [-0.39, 0.29) is 5.91 Å². The van der Waals surface area contributed by atoms with Crippen LogP contribution in [0.15, 0.2) is 29.6 Å². The number of amides is 1. The Kier molecular flexibility index (Phi) is 2.76. The lowest BCUT2D eigenvalue weighted by molar-refractivity contribution is 0.0981. The Morgan fingerprint density at radius 1 is 1.39 bits per heavy atom. The van der Waals surface area contributed by atoms with Gasteiger partial charge in [-0.25, -0.2) is 4.98 Å². The van der Waals surface area contributed by atoms with Crippen LogP contribution in [0, 0.1) is 0 Å². The first-order chi connectivity index (χ1) is 8.75. The molecule has 1 aromatic carbocycles. The van der Waals surface area contributed by atoms with Crippen molar-refractivity contribution in [3.05, 3.63) is 40.9 Å². The fraction of sp³-hybridized carbons (Fsp3) is 0.231. The van der Waals surface area contributed by atoms with E-state index in [1.165, 1.54) is 16.9 Å². The first kappa shape index (κ1) is 11.2. The van der Waals surface area contributed by atoms with E-state index < -0.39 is 0 Å². The summed E-state index contributed by atoms with van der Waals surface area (Å²) in [5.41, 5.74) is 8.24. The van der Waals surface area contributed by atoms with Crippen LogP contribution in [0.1, 0.15) is 22.5 Å². The first-order valence-electron chi connectivity index (χ1n) is 5.86. The molecule has 0 atom stereocenters. The molecule has 2 heterocycles. The van der Waals surface area contributed by atoms with Gasteiger partial charge < -0.3 is 10.6 Å². The smallest absolute Gasteiger partial charge is 0.277 e. The number of fused-ring (bicyclic) bond motifs is 1. The Bertz CT molecular complexity index is 593. The number of carbonyl (C=O) groups excluding carboxylic acids is 1. The lowest BCUT2D eigenvalue weighted by atomic mass is 10.0. The van der Waals surface area contributed by atoms with Crippen LogP contribution in [-0.4, -0.2) is 17.4 Å².